The van der Waals surface area contributed by atoms with Crippen LogP contribution in [0.25, 0.3) is 0 Å². The van der Waals surface area contributed by atoms with Crippen LogP contribution in [0, 0.1) is 5.92 Å². The molecule has 0 radical (unpaired) electrons. The third kappa shape index (κ3) is 4.62. The van der Waals surface area contributed by atoms with Gasteiger partial charge in [-0.2, -0.15) is 0 Å². The molecule has 1 aliphatic carbocycles. The maximum atomic E-state index is 13.1. The van der Waals surface area contributed by atoms with E-state index < -0.39 is 0 Å². The fourth-order valence-corrected chi connectivity index (χ4v) is 3.85. The van der Waals surface area contributed by atoms with E-state index in [0.29, 0.717) is 5.91 Å². The van der Waals surface area contributed by atoms with Crippen molar-refractivity contribution in [3.63, 3.8) is 0 Å². The van der Waals surface area contributed by atoms with Crippen molar-refractivity contribution in [1.29, 1.82) is 0 Å². The summed E-state index contributed by atoms with van der Waals surface area (Å²) in [5.41, 5.74) is 0.994. The van der Waals surface area contributed by atoms with Crippen LogP contribution in [0.15, 0.2) is 24.3 Å². The van der Waals surface area contributed by atoms with Gasteiger partial charge in [0, 0.05) is 29.2 Å². The lowest BCUT2D eigenvalue weighted by Crippen LogP contribution is -2.51. The highest BCUT2D eigenvalue weighted by Gasteiger charge is 2.32. The number of amides is 1. The Labute approximate surface area is 150 Å². The van der Waals surface area contributed by atoms with Crippen LogP contribution in [0.5, 0.6) is 0 Å². The van der Waals surface area contributed by atoms with Crippen LogP contribution in [-0.2, 0) is 4.79 Å². The first-order valence-corrected chi connectivity index (χ1v) is 8.93. The van der Waals surface area contributed by atoms with Gasteiger partial charge >= 0.3 is 0 Å². The molecule has 1 heterocycles. The van der Waals surface area contributed by atoms with Crippen molar-refractivity contribution < 1.29 is 4.79 Å². The quantitative estimate of drug-likeness (QED) is 0.868. The molecule has 3 rings (SSSR count). The molecule has 1 aliphatic heterocycles. The summed E-state index contributed by atoms with van der Waals surface area (Å²) in [6.45, 7) is 1.95. The van der Waals surface area contributed by atoms with Crippen molar-refractivity contribution in [1.82, 2.24) is 5.32 Å². The number of piperidine rings is 1. The molecule has 1 N–H and O–H groups in total. The van der Waals surface area contributed by atoms with Gasteiger partial charge < -0.3 is 10.2 Å². The molecule has 0 bridgehead atoms. The highest BCUT2D eigenvalue weighted by atomic mass is 35.5. The van der Waals surface area contributed by atoms with Crippen LogP contribution in [0.1, 0.15) is 44.9 Å². The molecule has 23 heavy (non-hydrogen) atoms. The molecule has 2 aliphatic rings. The summed E-state index contributed by atoms with van der Waals surface area (Å²) in [5.74, 6) is 0.516. The lowest BCUT2D eigenvalue weighted by atomic mass is 9.87. The smallest absolute Gasteiger partial charge is 0.230 e. The number of halogens is 2. The summed E-state index contributed by atoms with van der Waals surface area (Å²) in [6, 6.07) is 8.00. The second kappa shape index (κ2) is 8.91. The van der Waals surface area contributed by atoms with Gasteiger partial charge in [-0.15, -0.1) is 12.4 Å². The predicted octanol–water partition coefficient (Wildman–Crippen LogP) is 4.43. The fourth-order valence-electron chi connectivity index (χ4n) is 3.72. The van der Waals surface area contributed by atoms with E-state index in [2.05, 4.69) is 10.2 Å². The normalized spacial score (nSPS) is 22.2. The molecule has 1 aromatic rings. The van der Waals surface area contributed by atoms with Gasteiger partial charge in [-0.1, -0.05) is 30.9 Å². The first kappa shape index (κ1) is 18.6. The van der Waals surface area contributed by atoms with E-state index in [0.717, 1.165) is 49.5 Å². The average molecular weight is 357 g/mol. The zero-order valence-electron chi connectivity index (χ0n) is 13.5. The van der Waals surface area contributed by atoms with E-state index in [-0.39, 0.29) is 24.4 Å². The number of carbonyl (C=O) groups is 1. The Morgan fingerprint density at radius 2 is 1.74 bits per heavy atom. The van der Waals surface area contributed by atoms with Crippen LogP contribution in [-0.4, -0.2) is 25.0 Å². The van der Waals surface area contributed by atoms with E-state index in [4.69, 9.17) is 11.6 Å². The Hall–Kier alpha value is -0.770. The Morgan fingerprint density at radius 3 is 2.35 bits per heavy atom. The Balaban J connectivity index is 0.00000192. The molecular formula is C18H26Cl2N2O. The second-order valence-electron chi connectivity index (χ2n) is 6.52. The Kier molecular flexibility index (Phi) is 7.19. The van der Waals surface area contributed by atoms with E-state index in [1.165, 1.54) is 19.3 Å². The van der Waals surface area contributed by atoms with E-state index in [1.54, 1.807) is 0 Å². The molecule has 1 atom stereocenters. The first-order chi connectivity index (χ1) is 10.8. The zero-order chi connectivity index (χ0) is 15.4. The molecule has 128 valence electrons. The summed E-state index contributed by atoms with van der Waals surface area (Å²) < 4.78 is 0. The van der Waals surface area contributed by atoms with Gasteiger partial charge in [-0.05, 0) is 56.5 Å². The number of nitrogens with zero attached hydrogens (tertiary/aromatic N) is 1. The van der Waals surface area contributed by atoms with Crippen LogP contribution >= 0.6 is 24.0 Å². The van der Waals surface area contributed by atoms with Crippen molar-refractivity contribution >= 4 is 35.6 Å². The van der Waals surface area contributed by atoms with Gasteiger partial charge in [-0.3, -0.25) is 4.79 Å². The van der Waals surface area contributed by atoms with E-state index >= 15 is 0 Å². The van der Waals surface area contributed by atoms with Crippen molar-refractivity contribution in [3.8, 4) is 0 Å². The van der Waals surface area contributed by atoms with Gasteiger partial charge in [0.1, 0.15) is 0 Å². The standard InChI is InChI=1S/C18H25ClN2O.ClH/c19-15-8-10-16(11-9-15)21(17-7-4-12-20-13-17)18(22)14-5-2-1-3-6-14;/h8-11,14,17,20H,1-7,12-13H2;1H/t17-;/m1./s1. The average Bonchev–Trinajstić information content (AvgIpc) is 2.58. The van der Waals surface area contributed by atoms with Gasteiger partial charge in [0.2, 0.25) is 5.91 Å². The van der Waals surface area contributed by atoms with Crippen LogP contribution in [0.2, 0.25) is 5.02 Å². The van der Waals surface area contributed by atoms with Crippen LogP contribution in [0.4, 0.5) is 5.69 Å². The number of rotatable bonds is 3. The third-order valence-electron chi connectivity index (χ3n) is 4.93. The number of benzene rings is 1. The molecule has 3 nitrogen and oxygen atoms in total. The largest absolute Gasteiger partial charge is 0.315 e. The van der Waals surface area contributed by atoms with Gasteiger partial charge in [-0.25, -0.2) is 0 Å². The van der Waals surface area contributed by atoms with E-state index in [9.17, 15) is 4.79 Å². The second-order valence-corrected chi connectivity index (χ2v) is 6.96. The highest BCUT2D eigenvalue weighted by molar-refractivity contribution is 6.30. The summed E-state index contributed by atoms with van der Waals surface area (Å²) in [5, 5.41) is 4.15. The Bertz CT molecular complexity index is 494. The van der Waals surface area contributed by atoms with Crippen molar-refractivity contribution in [2.45, 2.75) is 51.0 Å². The fraction of sp³-hybridized carbons (Fsp3) is 0.611. The van der Waals surface area contributed by atoms with Gasteiger partial charge in [0.15, 0.2) is 0 Å². The minimum Gasteiger partial charge on any atom is -0.315 e. The summed E-state index contributed by atoms with van der Waals surface area (Å²) >= 11 is 6.01. The molecular weight excluding hydrogens is 331 g/mol. The third-order valence-corrected chi connectivity index (χ3v) is 5.18. The molecule has 0 unspecified atom stereocenters. The molecule has 0 spiro atoms. The Morgan fingerprint density at radius 1 is 1.04 bits per heavy atom. The maximum absolute atomic E-state index is 13.1. The summed E-state index contributed by atoms with van der Waals surface area (Å²) in [6.07, 6.45) is 7.95. The van der Waals surface area contributed by atoms with Crippen LogP contribution in [0.3, 0.4) is 0 Å². The van der Waals surface area contributed by atoms with Crippen molar-refractivity contribution in [2.24, 2.45) is 5.92 Å². The number of hydrogen-bond donors (Lipinski definition) is 1. The number of anilines is 1. The lowest BCUT2D eigenvalue weighted by molar-refractivity contribution is -0.123. The zero-order valence-corrected chi connectivity index (χ0v) is 15.0. The predicted molar refractivity (Wildman–Crippen MR) is 98.7 cm³/mol. The molecule has 0 aromatic heterocycles. The number of hydrogen-bond acceptors (Lipinski definition) is 2. The summed E-state index contributed by atoms with van der Waals surface area (Å²) in [7, 11) is 0. The molecule has 1 aromatic carbocycles. The summed E-state index contributed by atoms with van der Waals surface area (Å²) in [4.78, 5) is 15.2. The van der Waals surface area contributed by atoms with Gasteiger partial charge in [0.05, 0.1) is 0 Å². The molecule has 5 heteroatoms. The molecule has 1 saturated carbocycles. The molecule has 2 fully saturated rings. The van der Waals surface area contributed by atoms with Gasteiger partial charge in [0.25, 0.3) is 0 Å². The van der Waals surface area contributed by atoms with Crippen LogP contribution < -0.4 is 10.2 Å². The number of carbonyl (C=O) groups excluding carboxylic acids is 1. The SMILES string of the molecule is Cl.O=C(C1CCCCC1)N(c1ccc(Cl)cc1)[C@@H]1CCCNC1. The molecule has 1 amide bonds. The molecule has 1 saturated heterocycles. The monoisotopic (exact) mass is 356 g/mol. The van der Waals surface area contributed by atoms with E-state index in [1.807, 2.05) is 24.3 Å². The van der Waals surface area contributed by atoms with Crippen molar-refractivity contribution in [3.05, 3.63) is 29.3 Å². The first-order valence-electron chi connectivity index (χ1n) is 8.55. The minimum absolute atomic E-state index is 0. The minimum atomic E-state index is 0. The topological polar surface area (TPSA) is 32.3 Å². The number of nitrogens with one attached hydrogen (secondary N) is 1. The lowest BCUT2D eigenvalue weighted by Gasteiger charge is -2.37. The maximum Gasteiger partial charge on any atom is 0.230 e. The highest BCUT2D eigenvalue weighted by Crippen LogP contribution is 2.30. The van der Waals surface area contributed by atoms with Crippen molar-refractivity contribution in [2.75, 3.05) is 18.0 Å².